The molecule has 4 saturated heterocycles. The highest BCUT2D eigenvalue weighted by atomic mass is 16.4. The van der Waals surface area contributed by atoms with Crippen LogP contribution < -0.4 is 0 Å². The van der Waals surface area contributed by atoms with E-state index in [4.69, 9.17) is 5.11 Å². The molecule has 0 saturated carbocycles. The number of likely N-dealkylation sites (tertiary alicyclic amines) is 1. The molecule has 0 spiro atoms. The average Bonchev–Trinajstić information content (AvgIpc) is 2.48. The summed E-state index contributed by atoms with van der Waals surface area (Å²) in [4.78, 5) is 16.2. The van der Waals surface area contributed by atoms with Crippen LogP contribution in [-0.2, 0) is 4.79 Å². The first-order valence-electron chi connectivity index (χ1n) is 8.31. The van der Waals surface area contributed by atoms with E-state index < -0.39 is 5.97 Å². The fraction of sp³-hybridized carbons (Fsp3) is 0.938. The van der Waals surface area contributed by atoms with Crippen molar-refractivity contribution in [3.63, 3.8) is 0 Å². The summed E-state index contributed by atoms with van der Waals surface area (Å²) in [5.74, 6) is 1.15. The lowest BCUT2D eigenvalue weighted by Crippen LogP contribution is -2.59. The van der Waals surface area contributed by atoms with Crippen LogP contribution in [0.1, 0.15) is 39.0 Å². The summed E-state index contributed by atoms with van der Waals surface area (Å²) in [7, 11) is 0. The van der Waals surface area contributed by atoms with Crippen molar-refractivity contribution in [3.8, 4) is 0 Å². The summed E-state index contributed by atoms with van der Waals surface area (Å²) in [6, 6.07) is 0.748. The maximum Gasteiger partial charge on any atom is 0.303 e. The SMILES string of the molecule is CC(CC(=O)O)C1CCCN(C2CN3CCC2CC3)C1. The molecule has 3 atom stereocenters. The van der Waals surface area contributed by atoms with Crippen LogP contribution in [-0.4, -0.2) is 59.6 Å². The molecule has 1 N–H and O–H groups in total. The third kappa shape index (κ3) is 3.01. The Morgan fingerprint density at radius 3 is 2.55 bits per heavy atom. The van der Waals surface area contributed by atoms with Gasteiger partial charge in [-0.1, -0.05) is 6.92 Å². The summed E-state index contributed by atoms with van der Waals surface area (Å²) in [5.41, 5.74) is 0. The van der Waals surface area contributed by atoms with Gasteiger partial charge >= 0.3 is 5.97 Å². The predicted molar refractivity (Wildman–Crippen MR) is 78.7 cm³/mol. The van der Waals surface area contributed by atoms with Gasteiger partial charge in [0, 0.05) is 25.6 Å². The summed E-state index contributed by atoms with van der Waals surface area (Å²) in [5, 5.41) is 8.99. The van der Waals surface area contributed by atoms with Gasteiger partial charge in [0.05, 0.1) is 0 Å². The number of nitrogens with zero attached hydrogens (tertiary/aromatic N) is 2. The van der Waals surface area contributed by atoms with Gasteiger partial charge in [-0.25, -0.2) is 0 Å². The summed E-state index contributed by atoms with van der Waals surface area (Å²) in [6.45, 7) is 8.33. The Kier molecular flexibility index (Phi) is 4.32. The fourth-order valence-corrected chi connectivity index (χ4v) is 4.60. The van der Waals surface area contributed by atoms with Gasteiger partial charge in [-0.15, -0.1) is 0 Å². The van der Waals surface area contributed by atoms with E-state index in [1.54, 1.807) is 0 Å². The lowest BCUT2D eigenvalue weighted by Gasteiger charge is -2.51. The second kappa shape index (κ2) is 6.02. The topological polar surface area (TPSA) is 43.8 Å². The lowest BCUT2D eigenvalue weighted by atomic mass is 9.79. The fourth-order valence-electron chi connectivity index (χ4n) is 4.60. The van der Waals surface area contributed by atoms with Crippen molar-refractivity contribution in [2.75, 3.05) is 32.7 Å². The Labute approximate surface area is 122 Å². The smallest absolute Gasteiger partial charge is 0.303 e. The van der Waals surface area contributed by atoms with E-state index >= 15 is 0 Å². The van der Waals surface area contributed by atoms with Crippen molar-refractivity contribution in [3.05, 3.63) is 0 Å². The highest BCUT2D eigenvalue weighted by Crippen LogP contribution is 2.34. The molecule has 4 aliphatic rings. The molecule has 2 bridgehead atoms. The molecule has 4 aliphatic heterocycles. The van der Waals surface area contributed by atoms with Gasteiger partial charge in [0.15, 0.2) is 0 Å². The van der Waals surface area contributed by atoms with Crippen molar-refractivity contribution < 1.29 is 9.90 Å². The zero-order valence-corrected chi connectivity index (χ0v) is 12.6. The van der Waals surface area contributed by atoms with Crippen LogP contribution in [0.5, 0.6) is 0 Å². The molecule has 0 aromatic rings. The molecule has 4 heterocycles. The molecule has 0 radical (unpaired) electrons. The van der Waals surface area contributed by atoms with Crippen molar-refractivity contribution >= 4 is 5.97 Å². The van der Waals surface area contributed by atoms with Crippen molar-refractivity contribution in [2.45, 2.75) is 45.1 Å². The van der Waals surface area contributed by atoms with Gasteiger partial charge in [-0.05, 0) is 63.1 Å². The molecule has 114 valence electrons. The first kappa shape index (κ1) is 14.3. The largest absolute Gasteiger partial charge is 0.481 e. The molecule has 20 heavy (non-hydrogen) atoms. The Morgan fingerprint density at radius 1 is 1.20 bits per heavy atom. The maximum atomic E-state index is 10.9. The molecule has 4 nitrogen and oxygen atoms in total. The molecule has 0 aromatic carbocycles. The van der Waals surface area contributed by atoms with Gasteiger partial charge in [-0.3, -0.25) is 9.69 Å². The molecular formula is C16H28N2O2. The molecule has 4 rings (SSSR count). The van der Waals surface area contributed by atoms with E-state index in [0.717, 1.165) is 18.5 Å². The highest BCUT2D eigenvalue weighted by molar-refractivity contribution is 5.67. The number of hydrogen-bond donors (Lipinski definition) is 1. The molecule has 0 amide bonds. The number of hydrogen-bond acceptors (Lipinski definition) is 3. The Balaban J connectivity index is 1.59. The molecule has 4 fully saturated rings. The quantitative estimate of drug-likeness (QED) is 0.854. The van der Waals surface area contributed by atoms with Crippen LogP contribution in [0.3, 0.4) is 0 Å². The minimum absolute atomic E-state index is 0.316. The average molecular weight is 280 g/mol. The zero-order chi connectivity index (χ0) is 14.1. The molecule has 4 heteroatoms. The first-order chi connectivity index (χ1) is 9.63. The summed E-state index contributed by atoms with van der Waals surface area (Å²) >= 11 is 0. The lowest BCUT2D eigenvalue weighted by molar-refractivity contribution is -0.138. The van der Waals surface area contributed by atoms with E-state index in [2.05, 4.69) is 16.7 Å². The molecule has 0 aromatic heterocycles. The van der Waals surface area contributed by atoms with E-state index in [9.17, 15) is 4.79 Å². The van der Waals surface area contributed by atoms with Crippen molar-refractivity contribution in [1.82, 2.24) is 9.80 Å². The summed E-state index contributed by atoms with van der Waals surface area (Å²) < 4.78 is 0. The van der Waals surface area contributed by atoms with Crippen LogP contribution in [0.4, 0.5) is 0 Å². The van der Waals surface area contributed by atoms with Gasteiger partial charge < -0.3 is 10.0 Å². The third-order valence-corrected chi connectivity index (χ3v) is 5.88. The van der Waals surface area contributed by atoms with Crippen LogP contribution in [0, 0.1) is 17.8 Å². The van der Waals surface area contributed by atoms with Crippen molar-refractivity contribution in [1.29, 1.82) is 0 Å². The molecular weight excluding hydrogens is 252 g/mol. The monoisotopic (exact) mass is 280 g/mol. The van der Waals surface area contributed by atoms with Crippen LogP contribution >= 0.6 is 0 Å². The minimum atomic E-state index is -0.641. The Bertz CT molecular complexity index is 352. The molecule has 0 aliphatic carbocycles. The number of aliphatic carboxylic acids is 1. The van der Waals surface area contributed by atoms with Gasteiger partial charge in [0.2, 0.25) is 0 Å². The van der Waals surface area contributed by atoms with Crippen LogP contribution in [0.2, 0.25) is 0 Å². The number of carboxylic acid groups (broad SMARTS) is 1. The predicted octanol–water partition coefficient (Wildman–Crippen LogP) is 1.90. The standard InChI is InChI=1S/C16H28N2O2/c1-12(9-16(19)20)14-3-2-6-18(10-14)15-11-17-7-4-13(15)5-8-17/h12-15H,2-11H2,1H3,(H,19,20). The summed E-state index contributed by atoms with van der Waals surface area (Å²) in [6.07, 6.45) is 5.54. The number of piperidine rings is 4. The van der Waals surface area contributed by atoms with Gasteiger partial charge in [0.25, 0.3) is 0 Å². The number of fused-ring (bicyclic) bond motifs is 3. The van der Waals surface area contributed by atoms with Gasteiger partial charge in [0.1, 0.15) is 0 Å². The van der Waals surface area contributed by atoms with E-state index in [-0.39, 0.29) is 0 Å². The number of carbonyl (C=O) groups is 1. The first-order valence-corrected chi connectivity index (χ1v) is 8.31. The Hall–Kier alpha value is -0.610. The van der Waals surface area contributed by atoms with E-state index in [1.165, 1.54) is 51.9 Å². The maximum absolute atomic E-state index is 10.9. The normalized spacial score (nSPS) is 39.6. The third-order valence-electron chi connectivity index (χ3n) is 5.88. The number of carboxylic acids is 1. The molecule has 3 unspecified atom stereocenters. The zero-order valence-electron chi connectivity index (χ0n) is 12.6. The van der Waals surface area contributed by atoms with E-state index in [1.807, 2.05) is 0 Å². The Morgan fingerprint density at radius 2 is 1.95 bits per heavy atom. The van der Waals surface area contributed by atoms with Gasteiger partial charge in [-0.2, -0.15) is 0 Å². The second-order valence-corrected chi connectivity index (χ2v) is 7.18. The highest BCUT2D eigenvalue weighted by Gasteiger charge is 2.39. The minimum Gasteiger partial charge on any atom is -0.481 e. The second-order valence-electron chi connectivity index (χ2n) is 7.18. The van der Waals surface area contributed by atoms with Crippen molar-refractivity contribution in [2.24, 2.45) is 17.8 Å². The van der Waals surface area contributed by atoms with Crippen LogP contribution in [0.25, 0.3) is 0 Å². The number of rotatable bonds is 4. The van der Waals surface area contributed by atoms with E-state index in [0.29, 0.717) is 18.3 Å². The van der Waals surface area contributed by atoms with Crippen LogP contribution in [0.15, 0.2) is 0 Å².